The second kappa shape index (κ2) is 9.40. The molecule has 0 fully saturated rings. The van der Waals surface area contributed by atoms with Crippen LogP contribution in [0.3, 0.4) is 0 Å². The van der Waals surface area contributed by atoms with Gasteiger partial charge in [0.15, 0.2) is 0 Å². The fourth-order valence-electron chi connectivity index (χ4n) is 2.12. The number of hydrogen-bond acceptors (Lipinski definition) is 2. The minimum absolute atomic E-state index is 0.0637. The van der Waals surface area contributed by atoms with Gasteiger partial charge in [0.25, 0.3) is 0 Å². The Morgan fingerprint density at radius 3 is 2.30 bits per heavy atom. The van der Waals surface area contributed by atoms with E-state index in [4.69, 9.17) is 0 Å². The van der Waals surface area contributed by atoms with Gasteiger partial charge in [-0.25, -0.2) is 0 Å². The lowest BCUT2D eigenvalue weighted by atomic mass is 10.1. The van der Waals surface area contributed by atoms with Gasteiger partial charge < -0.3 is 10.6 Å². The quantitative estimate of drug-likeness (QED) is 0.721. The van der Waals surface area contributed by atoms with E-state index in [-0.39, 0.29) is 5.91 Å². The van der Waals surface area contributed by atoms with Crippen molar-refractivity contribution in [1.29, 1.82) is 0 Å². The lowest BCUT2D eigenvalue weighted by Gasteiger charge is -2.15. The Morgan fingerprint density at radius 1 is 1.10 bits per heavy atom. The molecule has 1 amide bonds. The van der Waals surface area contributed by atoms with E-state index >= 15 is 0 Å². The lowest BCUT2D eigenvalue weighted by molar-refractivity contribution is -0.120. The summed E-state index contributed by atoms with van der Waals surface area (Å²) < 4.78 is 0. The Hall–Kier alpha value is -1.51. The van der Waals surface area contributed by atoms with Gasteiger partial charge in [-0.15, -0.1) is 0 Å². The summed E-state index contributed by atoms with van der Waals surface area (Å²) in [4.78, 5) is 11.8. The van der Waals surface area contributed by atoms with Crippen LogP contribution in [0.2, 0.25) is 0 Å². The van der Waals surface area contributed by atoms with Crippen molar-refractivity contribution >= 4 is 11.6 Å². The van der Waals surface area contributed by atoms with Crippen molar-refractivity contribution in [3.63, 3.8) is 0 Å². The van der Waals surface area contributed by atoms with E-state index in [1.165, 1.54) is 18.4 Å². The molecule has 3 heteroatoms. The molecule has 0 bridgehead atoms. The Labute approximate surface area is 123 Å². The van der Waals surface area contributed by atoms with Crippen molar-refractivity contribution in [3.8, 4) is 0 Å². The van der Waals surface area contributed by atoms with Crippen molar-refractivity contribution in [3.05, 3.63) is 29.8 Å². The number of unbranched alkanes of at least 4 members (excludes halogenated alkanes) is 1. The first-order valence-corrected chi connectivity index (χ1v) is 7.81. The lowest BCUT2D eigenvalue weighted by Crippen LogP contribution is -2.37. The SMILES string of the molecule is CCCCc1ccc(NCC(=O)NC(CC)CC)cc1. The summed E-state index contributed by atoms with van der Waals surface area (Å²) in [6.07, 6.45) is 5.54. The number of carbonyl (C=O) groups is 1. The maximum Gasteiger partial charge on any atom is 0.239 e. The van der Waals surface area contributed by atoms with Gasteiger partial charge in [-0.1, -0.05) is 39.3 Å². The van der Waals surface area contributed by atoms with Gasteiger partial charge >= 0.3 is 0 Å². The van der Waals surface area contributed by atoms with E-state index in [1.54, 1.807) is 0 Å². The van der Waals surface area contributed by atoms with Gasteiger partial charge in [0.05, 0.1) is 6.54 Å². The molecule has 1 aromatic rings. The van der Waals surface area contributed by atoms with E-state index in [9.17, 15) is 4.79 Å². The molecule has 0 saturated heterocycles. The Morgan fingerprint density at radius 2 is 1.75 bits per heavy atom. The van der Waals surface area contributed by atoms with Crippen LogP contribution in [0.15, 0.2) is 24.3 Å². The molecule has 0 saturated carbocycles. The summed E-state index contributed by atoms with van der Waals surface area (Å²) in [7, 11) is 0. The molecule has 0 heterocycles. The van der Waals surface area contributed by atoms with E-state index in [0.29, 0.717) is 12.6 Å². The van der Waals surface area contributed by atoms with Crippen molar-refractivity contribution < 1.29 is 4.79 Å². The molecule has 0 aliphatic carbocycles. The molecule has 2 N–H and O–H groups in total. The number of benzene rings is 1. The topological polar surface area (TPSA) is 41.1 Å². The predicted molar refractivity (Wildman–Crippen MR) is 86.1 cm³/mol. The second-order valence-corrected chi connectivity index (χ2v) is 5.23. The van der Waals surface area contributed by atoms with Gasteiger partial charge in [0.1, 0.15) is 0 Å². The number of carbonyl (C=O) groups excluding carboxylic acids is 1. The number of amides is 1. The third-order valence-electron chi connectivity index (χ3n) is 3.58. The summed E-state index contributed by atoms with van der Waals surface area (Å²) >= 11 is 0. The monoisotopic (exact) mass is 276 g/mol. The minimum Gasteiger partial charge on any atom is -0.376 e. The number of aryl methyl sites for hydroxylation is 1. The van der Waals surface area contributed by atoms with Crippen LogP contribution in [0.4, 0.5) is 5.69 Å². The average Bonchev–Trinajstić information content (AvgIpc) is 2.49. The van der Waals surface area contributed by atoms with Gasteiger partial charge in [-0.3, -0.25) is 4.79 Å². The molecule has 0 atom stereocenters. The van der Waals surface area contributed by atoms with Crippen LogP contribution in [0.1, 0.15) is 52.0 Å². The Kier molecular flexibility index (Phi) is 7.78. The highest BCUT2D eigenvalue weighted by atomic mass is 16.1. The van der Waals surface area contributed by atoms with E-state index in [1.807, 2.05) is 0 Å². The molecule has 112 valence electrons. The molecule has 1 rings (SSSR count). The Bertz CT molecular complexity index is 382. The van der Waals surface area contributed by atoms with Crippen LogP contribution in [-0.2, 0) is 11.2 Å². The first-order chi connectivity index (χ1) is 9.69. The van der Waals surface area contributed by atoms with Gasteiger partial charge in [0.2, 0.25) is 5.91 Å². The van der Waals surface area contributed by atoms with Crippen molar-refractivity contribution in [2.75, 3.05) is 11.9 Å². The van der Waals surface area contributed by atoms with E-state index in [0.717, 1.165) is 24.9 Å². The van der Waals surface area contributed by atoms with Crippen LogP contribution in [-0.4, -0.2) is 18.5 Å². The molecule has 1 aromatic carbocycles. The molecule has 0 unspecified atom stereocenters. The summed E-state index contributed by atoms with van der Waals surface area (Å²) in [5, 5.41) is 6.19. The van der Waals surface area contributed by atoms with Crippen LogP contribution in [0, 0.1) is 0 Å². The third-order valence-corrected chi connectivity index (χ3v) is 3.58. The summed E-state index contributed by atoms with van der Waals surface area (Å²) in [5.74, 6) is 0.0637. The molecule has 0 aliphatic heterocycles. The molecule has 0 spiro atoms. The van der Waals surface area contributed by atoms with Gasteiger partial charge in [0, 0.05) is 11.7 Å². The first kappa shape index (κ1) is 16.5. The maximum absolute atomic E-state index is 11.8. The van der Waals surface area contributed by atoms with Crippen molar-refractivity contribution in [2.24, 2.45) is 0 Å². The molecular weight excluding hydrogens is 248 g/mol. The standard InChI is InChI=1S/C17H28N2O/c1-4-7-8-14-9-11-16(12-10-14)18-13-17(20)19-15(5-2)6-3/h9-12,15,18H,4-8,13H2,1-3H3,(H,19,20). The minimum atomic E-state index is 0.0637. The number of anilines is 1. The molecule has 0 radical (unpaired) electrons. The largest absolute Gasteiger partial charge is 0.376 e. The van der Waals surface area contributed by atoms with Crippen LogP contribution in [0.25, 0.3) is 0 Å². The molecule has 0 aromatic heterocycles. The maximum atomic E-state index is 11.8. The Balaban J connectivity index is 2.35. The molecular formula is C17H28N2O. The highest BCUT2D eigenvalue weighted by molar-refractivity contribution is 5.80. The van der Waals surface area contributed by atoms with Gasteiger partial charge in [-0.2, -0.15) is 0 Å². The predicted octanol–water partition coefficient (Wildman–Crippen LogP) is 3.75. The number of nitrogens with one attached hydrogen (secondary N) is 2. The van der Waals surface area contributed by atoms with Crippen LogP contribution >= 0.6 is 0 Å². The summed E-state index contributed by atoms with van der Waals surface area (Å²) in [6, 6.07) is 8.67. The van der Waals surface area contributed by atoms with Gasteiger partial charge in [-0.05, 0) is 43.4 Å². The second-order valence-electron chi connectivity index (χ2n) is 5.23. The third kappa shape index (κ3) is 6.09. The zero-order valence-electron chi connectivity index (χ0n) is 13.0. The number of rotatable bonds is 9. The zero-order chi connectivity index (χ0) is 14.8. The van der Waals surface area contributed by atoms with Crippen molar-refractivity contribution in [2.45, 2.75) is 58.9 Å². The zero-order valence-corrected chi connectivity index (χ0v) is 13.0. The molecule has 3 nitrogen and oxygen atoms in total. The average molecular weight is 276 g/mol. The van der Waals surface area contributed by atoms with Crippen LogP contribution < -0.4 is 10.6 Å². The molecule has 0 aliphatic rings. The molecule has 20 heavy (non-hydrogen) atoms. The highest BCUT2D eigenvalue weighted by Crippen LogP contribution is 2.11. The fourth-order valence-corrected chi connectivity index (χ4v) is 2.12. The first-order valence-electron chi connectivity index (χ1n) is 7.81. The fraction of sp³-hybridized carbons (Fsp3) is 0.588. The normalized spacial score (nSPS) is 10.6. The van der Waals surface area contributed by atoms with E-state index < -0.39 is 0 Å². The van der Waals surface area contributed by atoms with E-state index in [2.05, 4.69) is 55.7 Å². The summed E-state index contributed by atoms with van der Waals surface area (Å²) in [6.45, 7) is 6.73. The summed E-state index contributed by atoms with van der Waals surface area (Å²) in [5.41, 5.74) is 2.36. The highest BCUT2D eigenvalue weighted by Gasteiger charge is 2.07. The van der Waals surface area contributed by atoms with Crippen molar-refractivity contribution in [1.82, 2.24) is 5.32 Å². The smallest absolute Gasteiger partial charge is 0.239 e. The number of hydrogen-bond donors (Lipinski definition) is 2. The van der Waals surface area contributed by atoms with Crippen LogP contribution in [0.5, 0.6) is 0 Å².